The van der Waals surface area contributed by atoms with Gasteiger partial charge in [0.15, 0.2) is 43.7 Å². The summed E-state index contributed by atoms with van der Waals surface area (Å²) in [4.78, 5) is 43.0. The predicted molar refractivity (Wildman–Crippen MR) is 398 cm³/mol. The van der Waals surface area contributed by atoms with Crippen molar-refractivity contribution in [3.63, 3.8) is 0 Å². The van der Waals surface area contributed by atoms with Crippen LogP contribution in [-0.4, -0.2) is 68.0 Å². The molecule has 31 heteroatoms. The number of carbonyl (C=O) groups is 4. The van der Waals surface area contributed by atoms with E-state index in [0.717, 1.165) is 51.4 Å². The fourth-order valence-electron chi connectivity index (χ4n) is 7.54. The molecule has 586 valence electrons. The molecule has 0 aliphatic rings. The van der Waals surface area contributed by atoms with E-state index in [0.29, 0.717) is 37.5 Å². The molecule has 0 spiro atoms. The van der Waals surface area contributed by atoms with E-state index in [-0.39, 0.29) is 64.9 Å². The third-order valence-corrected chi connectivity index (χ3v) is 24.2. The number of carboxylic acid groups (broad SMARTS) is 4. The van der Waals surface area contributed by atoms with Crippen molar-refractivity contribution in [2.75, 3.05) is 0 Å². The summed E-state index contributed by atoms with van der Waals surface area (Å²) in [5, 5.41) is 30.0. The van der Waals surface area contributed by atoms with Crippen LogP contribution in [-0.2, 0) is 53.3 Å². The fourth-order valence-corrected chi connectivity index (χ4v) is 16.8. The highest BCUT2D eigenvalue weighted by Crippen LogP contribution is 2.38. The van der Waals surface area contributed by atoms with Gasteiger partial charge in [0.05, 0.1) is 32.9 Å². The summed E-state index contributed by atoms with van der Waals surface area (Å²) in [6.07, 6.45) is -8.90. The Labute approximate surface area is 681 Å². The molecule has 0 unspecified atom stereocenters. The smallest absolute Gasteiger partial charge is 0.416 e. The van der Waals surface area contributed by atoms with Gasteiger partial charge in [-0.15, -0.1) is 0 Å². The maximum absolute atomic E-state index is 12.9. The largest absolute Gasteiger partial charge is 0.477 e. The van der Waals surface area contributed by atoms with Gasteiger partial charge < -0.3 is 25.2 Å². The Morgan fingerprint density at radius 1 is 0.288 bits per heavy atom. The summed E-state index contributed by atoms with van der Waals surface area (Å²) in [7, 11) is -0.960. The van der Waals surface area contributed by atoms with Crippen molar-refractivity contribution in [3.05, 3.63) is 335 Å². The number of hydrogen-bond donors (Lipinski definition) is 4. The zero-order chi connectivity index (χ0) is 82.9. The molecule has 0 radical (unpaired) electrons. The first-order valence-corrected chi connectivity index (χ1v) is 40.3. The van der Waals surface area contributed by atoms with E-state index in [1.807, 2.05) is 48.5 Å². The Kier molecular flexibility index (Phi) is 38.8. The molecule has 11 aromatic carbocycles. The van der Waals surface area contributed by atoms with Gasteiger partial charge >= 0.3 is 102 Å². The second-order valence-corrected chi connectivity index (χ2v) is 34.8. The topological polar surface area (TPSA) is 158 Å². The molecule has 9 nitrogen and oxygen atoms in total. The van der Waals surface area contributed by atoms with Crippen LogP contribution in [0.1, 0.15) is 38.8 Å². The standard InChI is InChI=1S/C24H18IOS.C20H12F6IS.C12H8F2I.C12H10I.4C3H4F2O2/c25-19-11-13-20(14-12-19)26-21-15-17-24(18-16-21)27(22-7-3-1-4-8-22)23-9-5-2-6-10-23;21-19(22,23)13-1-7-16(8-2-13)28(18-11-5-15(27)6-12-18)17-9-3-14(4-10-17)20(24,25)26;13-9-1-5-11(6-2-9)15-12-7-3-10(14)4-8-12;1-3-7-11(8-4-1)13-12-9-5-2-6-10-12;4*1-3(4,5)2(6)7/h1-18H;1-12H;1-8H;1-10H;4*1H3,(H,6,7)/q4*+1;;;;. The van der Waals surface area contributed by atoms with Crippen LogP contribution >= 0.6 is 45.2 Å². The highest BCUT2D eigenvalue weighted by Gasteiger charge is 2.37. The van der Waals surface area contributed by atoms with Crippen molar-refractivity contribution < 1.29 is 157 Å². The first-order chi connectivity index (χ1) is 51.8. The Bertz CT molecular complexity index is 4320. The lowest BCUT2D eigenvalue weighted by atomic mass is 10.2. The summed E-state index contributed by atoms with van der Waals surface area (Å²) in [6, 6.07) is 89.1. The van der Waals surface area contributed by atoms with Crippen molar-refractivity contribution in [1.82, 2.24) is 0 Å². The number of halogens is 20. The normalized spacial score (nSPS) is 11.1. The summed E-state index contributed by atoms with van der Waals surface area (Å²) in [5.74, 6) is -21.4. The molecule has 4 N–H and O–H groups in total. The third kappa shape index (κ3) is 36.8. The maximum atomic E-state index is 12.9. The molecule has 0 amide bonds. The number of benzene rings is 11. The van der Waals surface area contributed by atoms with Crippen LogP contribution in [0.5, 0.6) is 11.5 Å². The SMILES string of the molecule is CC(F)(F)C(=O)O.CC(F)(F)C(=O)O.CC(F)(F)C(=O)O.CC(F)(F)C(=O)O.FC(F)(F)c1ccc([S+](c2ccc(I)cc2)c2ccc(C(F)(F)F)cc2)cc1.Fc1ccc([I+]c2ccc(F)cc2)cc1.Ic1ccc(Oc2ccc([S+](c3ccccc3)c3ccccc3)cc2)cc1.c1ccc([I+]c2ccccc2)cc1. The number of hydrogen-bond acceptors (Lipinski definition) is 5. The van der Waals surface area contributed by atoms with Gasteiger partial charge in [-0.1, -0.05) is 72.8 Å². The van der Waals surface area contributed by atoms with E-state index in [4.69, 9.17) is 25.2 Å². The average molecular weight is 2050 g/mol. The molecule has 0 heterocycles. The molecule has 0 aliphatic heterocycles. The summed E-state index contributed by atoms with van der Waals surface area (Å²) < 4.78 is 206. The molecule has 0 saturated carbocycles. The number of alkyl halides is 14. The molecular formula is C80H64F16I4O9S2+4. The maximum Gasteiger partial charge on any atom is 0.416 e. The molecule has 0 aliphatic carbocycles. The molecule has 0 saturated heterocycles. The van der Waals surface area contributed by atoms with Crippen LogP contribution in [0.2, 0.25) is 0 Å². The van der Waals surface area contributed by atoms with E-state index >= 15 is 0 Å². The van der Waals surface area contributed by atoms with Crippen molar-refractivity contribution in [3.8, 4) is 11.5 Å². The number of carboxylic acids is 4. The van der Waals surface area contributed by atoms with Gasteiger partial charge in [-0.05, 0) is 264 Å². The van der Waals surface area contributed by atoms with Gasteiger partial charge in [-0.25, -0.2) is 28.0 Å². The Balaban J connectivity index is 0.000000287. The van der Waals surface area contributed by atoms with Crippen LogP contribution in [0, 0.1) is 33.1 Å². The number of aliphatic carboxylic acids is 4. The quantitative estimate of drug-likeness (QED) is 0.0420. The Hall–Kier alpha value is -8.40. The van der Waals surface area contributed by atoms with Gasteiger partial charge in [0.2, 0.25) is 0 Å². The van der Waals surface area contributed by atoms with E-state index < -0.39 is 81.9 Å². The number of ether oxygens (including phenoxy) is 1. The van der Waals surface area contributed by atoms with Gasteiger partial charge in [-0.2, -0.15) is 61.5 Å². The van der Waals surface area contributed by atoms with Crippen LogP contribution < -0.4 is 47.1 Å². The van der Waals surface area contributed by atoms with Crippen LogP contribution in [0.4, 0.5) is 70.2 Å². The highest BCUT2D eigenvalue weighted by molar-refractivity contribution is 14.1. The Morgan fingerprint density at radius 3 is 0.712 bits per heavy atom. The minimum absolute atomic E-state index is 0.0287. The monoisotopic (exact) mass is 2040 g/mol. The second-order valence-electron chi connectivity index (χ2n) is 22.2. The molecule has 11 rings (SSSR count). The molecule has 0 atom stereocenters. The Morgan fingerprint density at radius 2 is 0.477 bits per heavy atom. The summed E-state index contributed by atoms with van der Waals surface area (Å²) in [6.45, 7) is 1.31. The first-order valence-electron chi connectivity index (χ1n) is 31.4. The zero-order valence-electron chi connectivity index (χ0n) is 57.9. The minimum atomic E-state index is -4.45. The molecule has 11 aromatic rings. The molecule has 111 heavy (non-hydrogen) atoms. The van der Waals surface area contributed by atoms with Crippen molar-refractivity contribution >= 4 is 90.8 Å². The first kappa shape index (κ1) is 95.0. The van der Waals surface area contributed by atoms with Gasteiger partial charge in [0.25, 0.3) is 0 Å². The lowest BCUT2D eigenvalue weighted by Crippen LogP contribution is -3.61. The van der Waals surface area contributed by atoms with Crippen molar-refractivity contribution in [2.24, 2.45) is 0 Å². The van der Waals surface area contributed by atoms with E-state index in [9.17, 15) is 89.4 Å². The zero-order valence-corrected chi connectivity index (χ0v) is 68.2. The minimum Gasteiger partial charge on any atom is -0.477 e. The molecule has 0 bridgehead atoms. The van der Waals surface area contributed by atoms with E-state index in [1.165, 1.54) is 73.9 Å². The lowest BCUT2D eigenvalue weighted by molar-refractivity contribution is -0.597. The van der Waals surface area contributed by atoms with Crippen LogP contribution in [0.15, 0.2) is 321 Å². The molecule has 0 aromatic heterocycles. The van der Waals surface area contributed by atoms with Crippen LogP contribution in [0.3, 0.4) is 0 Å². The third-order valence-electron chi connectivity index (χ3n) is 13.0. The van der Waals surface area contributed by atoms with E-state index in [1.54, 1.807) is 24.3 Å². The average Bonchev–Trinajstić information content (AvgIpc) is 0.779. The van der Waals surface area contributed by atoms with Crippen molar-refractivity contribution in [1.29, 1.82) is 0 Å². The number of rotatable bonds is 16. The molecule has 0 fully saturated rings. The van der Waals surface area contributed by atoms with Gasteiger partial charge in [0.1, 0.15) is 23.1 Å². The van der Waals surface area contributed by atoms with Gasteiger partial charge in [0, 0.05) is 34.8 Å². The van der Waals surface area contributed by atoms with Gasteiger partial charge in [-0.3, -0.25) is 0 Å². The van der Waals surface area contributed by atoms with Crippen LogP contribution in [0.25, 0.3) is 0 Å². The predicted octanol–water partition coefficient (Wildman–Crippen LogP) is 17.4. The highest BCUT2D eigenvalue weighted by atomic mass is 127. The summed E-state index contributed by atoms with van der Waals surface area (Å²) >= 11 is 4.12. The second kappa shape index (κ2) is 45.3. The summed E-state index contributed by atoms with van der Waals surface area (Å²) in [5.41, 5.74) is -1.54. The van der Waals surface area contributed by atoms with Crippen molar-refractivity contribution in [2.45, 2.75) is 93.1 Å². The molecular weight excluding hydrogens is 1980 g/mol. The fraction of sp³-hybridized carbons (Fsp3) is 0.125. The van der Waals surface area contributed by atoms with E-state index in [2.05, 4.69) is 191 Å². The lowest BCUT2D eigenvalue weighted by Gasteiger charge is -2.11.